The smallest absolute Gasteiger partial charge is 0.329 e. The van der Waals surface area contributed by atoms with Crippen LogP contribution in [0.1, 0.15) is 85.3 Å². The average molecular weight is 835 g/mol. The van der Waals surface area contributed by atoms with Gasteiger partial charge in [-0.05, 0) is 51.3 Å². The molecule has 0 spiro atoms. The Morgan fingerprint density at radius 3 is 2.37 bits per heavy atom. The van der Waals surface area contributed by atoms with E-state index in [1.54, 1.807) is 20.8 Å². The first kappa shape index (κ1) is 41.9. The van der Waals surface area contributed by atoms with Gasteiger partial charge in [-0.2, -0.15) is 5.26 Å². The van der Waals surface area contributed by atoms with Gasteiger partial charge in [0.1, 0.15) is 36.5 Å². The van der Waals surface area contributed by atoms with Crippen molar-refractivity contribution in [2.45, 2.75) is 108 Å². The third kappa shape index (κ3) is 7.06. The number of amides is 3. The summed E-state index contributed by atoms with van der Waals surface area (Å²) in [6.45, 7) is 10.8. The molecule has 5 aliphatic rings. The highest BCUT2D eigenvalue weighted by molar-refractivity contribution is 7.99. The molecule has 7 rings (SSSR count). The SMILES string of the molecule is COc1c(C)cc2c(c1O)[C@H]1C3[C@@H]4SC[C@H](NC(=O)C(NC(=O)C(C)NC(C)=O)C(C)C)C(=O)OC[C@@H](c5c6c(c(C)c(OC(C)=O)c54)OCO6)N3[C@@H](C#N)[C@H](C2)N1C. The van der Waals surface area contributed by atoms with Gasteiger partial charge >= 0.3 is 11.9 Å². The van der Waals surface area contributed by atoms with Crippen LogP contribution in [0.25, 0.3) is 0 Å². The van der Waals surface area contributed by atoms with Crippen molar-refractivity contribution >= 4 is 41.4 Å². The Hall–Kier alpha value is -5.25. The molecular formula is C41H50N6O11S. The number of methoxy groups -OCH3 is 1. The van der Waals surface area contributed by atoms with E-state index >= 15 is 0 Å². The van der Waals surface area contributed by atoms with Crippen LogP contribution in [0.2, 0.25) is 0 Å². The van der Waals surface area contributed by atoms with Gasteiger partial charge in [0, 0.05) is 53.9 Å². The van der Waals surface area contributed by atoms with Crippen LogP contribution in [0, 0.1) is 31.1 Å². The third-order valence-electron chi connectivity index (χ3n) is 12.0. The van der Waals surface area contributed by atoms with Crippen molar-refractivity contribution in [1.29, 1.82) is 5.26 Å². The molecule has 0 saturated carbocycles. The molecule has 0 aliphatic carbocycles. The number of aryl methyl sites for hydroxylation is 1. The van der Waals surface area contributed by atoms with Gasteiger partial charge in [0.25, 0.3) is 0 Å². The lowest BCUT2D eigenvalue weighted by Crippen LogP contribution is -2.69. The number of cyclic esters (lactones) is 1. The van der Waals surface area contributed by atoms with Crippen LogP contribution in [-0.4, -0.2) is 114 Å². The average Bonchev–Trinajstić information content (AvgIpc) is 3.66. The van der Waals surface area contributed by atoms with Crippen LogP contribution < -0.4 is 34.9 Å². The van der Waals surface area contributed by atoms with Crippen LogP contribution in [0.15, 0.2) is 6.07 Å². The summed E-state index contributed by atoms with van der Waals surface area (Å²) in [5.41, 5.74) is 3.94. The molecule has 5 heterocycles. The molecule has 0 aromatic heterocycles. The summed E-state index contributed by atoms with van der Waals surface area (Å²) in [4.78, 5) is 69.8. The number of fused-ring (bicyclic) bond motifs is 9. The number of phenols is 1. The van der Waals surface area contributed by atoms with E-state index in [2.05, 4.69) is 31.8 Å². The molecule has 9 atom stereocenters. The van der Waals surface area contributed by atoms with Gasteiger partial charge in [0.15, 0.2) is 23.0 Å². The first-order valence-electron chi connectivity index (χ1n) is 19.6. The number of ether oxygens (including phenoxy) is 5. The van der Waals surface area contributed by atoms with E-state index in [1.807, 2.05) is 20.0 Å². The molecule has 316 valence electrons. The fourth-order valence-electron chi connectivity index (χ4n) is 9.51. The topological polar surface area (TPSA) is 218 Å². The molecule has 3 amide bonds. The maximum atomic E-state index is 14.1. The predicted molar refractivity (Wildman–Crippen MR) is 212 cm³/mol. The van der Waals surface area contributed by atoms with E-state index in [1.165, 1.54) is 39.6 Å². The largest absolute Gasteiger partial charge is 0.504 e. The molecule has 0 radical (unpaired) electrons. The molecular weight excluding hydrogens is 785 g/mol. The van der Waals surface area contributed by atoms with E-state index in [9.17, 15) is 34.3 Å². The summed E-state index contributed by atoms with van der Waals surface area (Å²) in [5.74, 6) is -2.04. The van der Waals surface area contributed by atoms with Crippen LogP contribution >= 0.6 is 11.8 Å². The number of likely N-dealkylation sites (N-methyl/N-ethyl adjacent to an activating group) is 1. The minimum Gasteiger partial charge on any atom is -0.504 e. The Bertz CT molecular complexity index is 2160. The first-order chi connectivity index (χ1) is 28.0. The molecule has 4 bridgehead atoms. The number of rotatable bonds is 8. The first-order valence-corrected chi connectivity index (χ1v) is 20.6. The van der Waals surface area contributed by atoms with E-state index in [-0.39, 0.29) is 36.7 Å². The third-order valence-corrected chi connectivity index (χ3v) is 13.4. The minimum atomic E-state index is -1.21. The highest BCUT2D eigenvalue weighted by atomic mass is 32.2. The van der Waals surface area contributed by atoms with Gasteiger partial charge in [0.05, 0.1) is 30.5 Å². The second-order valence-corrected chi connectivity index (χ2v) is 17.3. The standard InChI is InChI=1S/C41H50N6O11S/c1-16(2)30(45-39(51)19(5)43-20(6)48)40(52)44-23-14-59-38-29-28(37-36(56-15-57-37)18(4)35(29)58-21(7)49)26(13-55-41(23)53)47-25(12-42)24-11-22-10-17(3)34(54-9)33(50)27(22)31(32(38)47)46(24)8/h10,16,19,23-26,30-32,38,50H,11,13-15H2,1-9H3,(H,43,48)(H,44,52)(H,45,51)/t19?,23-,24-,25-,26-,30?,31-,32?,38+/m0/s1. The van der Waals surface area contributed by atoms with Gasteiger partial charge in [-0.25, -0.2) is 4.79 Å². The number of piperazine rings is 1. The van der Waals surface area contributed by atoms with E-state index < -0.39 is 83.1 Å². The Morgan fingerprint density at radius 2 is 1.73 bits per heavy atom. The number of carbonyl (C=O) groups excluding carboxylic acids is 5. The van der Waals surface area contributed by atoms with Gasteiger partial charge < -0.3 is 44.7 Å². The lowest BCUT2D eigenvalue weighted by Gasteiger charge is -2.61. The van der Waals surface area contributed by atoms with Crippen molar-refractivity contribution in [3.05, 3.63) is 39.4 Å². The summed E-state index contributed by atoms with van der Waals surface area (Å²) >= 11 is 1.31. The van der Waals surface area contributed by atoms with Crippen LogP contribution in [0.5, 0.6) is 28.7 Å². The van der Waals surface area contributed by atoms with Crippen molar-refractivity contribution in [2.75, 3.05) is 33.3 Å². The second-order valence-electron chi connectivity index (χ2n) is 16.1. The molecule has 2 fully saturated rings. The number of nitriles is 1. The molecule has 4 N–H and O–H groups in total. The lowest BCUT2D eigenvalue weighted by atomic mass is 9.71. The molecule has 5 aliphatic heterocycles. The zero-order valence-corrected chi connectivity index (χ0v) is 35.3. The van der Waals surface area contributed by atoms with Crippen molar-refractivity contribution in [1.82, 2.24) is 25.8 Å². The van der Waals surface area contributed by atoms with E-state index in [0.29, 0.717) is 45.9 Å². The number of thioether (sulfide) groups is 1. The van der Waals surface area contributed by atoms with Gasteiger partial charge in [0.2, 0.25) is 24.5 Å². The number of hydrogen-bond donors (Lipinski definition) is 4. The number of esters is 2. The summed E-state index contributed by atoms with van der Waals surface area (Å²) in [6, 6.07) is -1.75. The Morgan fingerprint density at radius 1 is 1.02 bits per heavy atom. The summed E-state index contributed by atoms with van der Waals surface area (Å²) < 4.78 is 30.0. The zero-order valence-electron chi connectivity index (χ0n) is 34.5. The van der Waals surface area contributed by atoms with Crippen molar-refractivity contribution in [3.8, 4) is 34.8 Å². The van der Waals surface area contributed by atoms with Crippen molar-refractivity contribution < 1.29 is 52.8 Å². The molecule has 2 aromatic carbocycles. The summed E-state index contributed by atoms with van der Waals surface area (Å²) in [7, 11) is 3.43. The molecule has 2 aromatic rings. The molecule has 18 heteroatoms. The van der Waals surface area contributed by atoms with Gasteiger partial charge in [-0.3, -0.25) is 29.0 Å². The minimum absolute atomic E-state index is 0.0143. The van der Waals surface area contributed by atoms with Crippen LogP contribution in [0.3, 0.4) is 0 Å². The quantitative estimate of drug-likeness (QED) is 0.222. The Kier molecular flexibility index (Phi) is 11.4. The molecule has 3 unspecified atom stereocenters. The summed E-state index contributed by atoms with van der Waals surface area (Å²) in [6.07, 6.45) is 0.439. The fourth-order valence-corrected chi connectivity index (χ4v) is 11.0. The van der Waals surface area contributed by atoms with Crippen LogP contribution in [-0.2, 0) is 35.1 Å². The summed E-state index contributed by atoms with van der Waals surface area (Å²) in [5, 5.41) is 30.4. The van der Waals surface area contributed by atoms with Crippen LogP contribution in [0.4, 0.5) is 0 Å². The fraction of sp³-hybridized carbons (Fsp3) is 0.561. The van der Waals surface area contributed by atoms with Crippen molar-refractivity contribution in [2.24, 2.45) is 5.92 Å². The van der Waals surface area contributed by atoms with E-state index in [0.717, 1.165) is 11.1 Å². The molecule has 2 saturated heterocycles. The number of benzene rings is 2. The number of nitrogens with one attached hydrogen (secondary N) is 3. The Labute approximate surface area is 346 Å². The maximum Gasteiger partial charge on any atom is 0.329 e. The second kappa shape index (κ2) is 16.1. The lowest BCUT2D eigenvalue weighted by molar-refractivity contribution is -0.153. The van der Waals surface area contributed by atoms with Gasteiger partial charge in [-0.1, -0.05) is 19.9 Å². The number of phenolic OH excluding ortho intramolecular Hbond substituents is 1. The number of nitrogens with zero attached hydrogens (tertiary/aromatic N) is 3. The number of aromatic hydroxyl groups is 1. The van der Waals surface area contributed by atoms with Gasteiger partial charge in [-0.15, -0.1) is 11.8 Å². The zero-order chi connectivity index (χ0) is 42.8. The molecule has 17 nitrogen and oxygen atoms in total. The Balaban J connectivity index is 1.38. The predicted octanol–water partition coefficient (Wildman–Crippen LogP) is 2.38. The normalized spacial score (nSPS) is 26.5. The van der Waals surface area contributed by atoms with E-state index in [4.69, 9.17) is 23.7 Å². The number of hydrogen-bond acceptors (Lipinski definition) is 15. The molecule has 59 heavy (non-hydrogen) atoms. The highest BCUT2D eigenvalue weighted by Gasteiger charge is 2.61. The maximum absolute atomic E-state index is 14.1. The monoisotopic (exact) mass is 834 g/mol. The van der Waals surface area contributed by atoms with Crippen molar-refractivity contribution in [3.63, 3.8) is 0 Å². The number of carbonyl (C=O) groups is 5. The highest BCUT2D eigenvalue weighted by Crippen LogP contribution is 2.64.